The second-order valence-corrected chi connectivity index (χ2v) is 6.00. The smallest absolute Gasteiger partial charge is 0.335 e. The summed E-state index contributed by atoms with van der Waals surface area (Å²) >= 11 is 0. The maximum atomic E-state index is 14.1. The molecule has 0 unspecified atom stereocenters. The van der Waals surface area contributed by atoms with Crippen molar-refractivity contribution in [1.82, 2.24) is 0 Å². The third-order valence-electron chi connectivity index (χ3n) is 4.16. The van der Waals surface area contributed by atoms with Gasteiger partial charge in [-0.15, -0.1) is 0 Å². The fraction of sp³-hybridized carbons (Fsp3) is 0.263. The molecule has 1 aliphatic carbocycles. The highest BCUT2D eigenvalue weighted by molar-refractivity contribution is 5.96. The molecule has 3 rings (SSSR count). The molecule has 0 aliphatic heterocycles. The molecule has 1 saturated carbocycles. The van der Waals surface area contributed by atoms with Crippen molar-refractivity contribution in [3.8, 4) is 5.75 Å². The summed E-state index contributed by atoms with van der Waals surface area (Å²) in [5.74, 6) is -1.86. The lowest BCUT2D eigenvalue weighted by Crippen LogP contribution is -2.25. The summed E-state index contributed by atoms with van der Waals surface area (Å²) in [6.07, 6.45) is 2.92. The van der Waals surface area contributed by atoms with Gasteiger partial charge in [-0.25, -0.2) is 9.18 Å². The Hall–Kier alpha value is -2.89. The highest BCUT2D eigenvalue weighted by Gasteiger charge is 2.20. The van der Waals surface area contributed by atoms with E-state index in [1.165, 1.54) is 18.2 Å². The van der Waals surface area contributed by atoms with Crippen molar-refractivity contribution in [2.45, 2.75) is 31.8 Å². The van der Waals surface area contributed by atoms with E-state index in [9.17, 15) is 14.0 Å². The fourth-order valence-corrected chi connectivity index (χ4v) is 2.60. The fourth-order valence-electron chi connectivity index (χ4n) is 2.60. The number of benzene rings is 2. The number of hydrogen-bond acceptors (Lipinski definition) is 3. The van der Waals surface area contributed by atoms with E-state index < -0.39 is 17.7 Å². The number of amides is 1. The summed E-state index contributed by atoms with van der Waals surface area (Å²) in [5.41, 5.74) is 0.780. The van der Waals surface area contributed by atoms with E-state index in [0.717, 1.165) is 19.3 Å². The first-order chi connectivity index (χ1) is 12.0. The first-order valence-corrected chi connectivity index (χ1v) is 8.10. The Labute approximate surface area is 144 Å². The SMILES string of the molecule is O=C(Cc1ccccc1C(=O)O)Nc1ccc(OC2CCC2)c(F)c1. The van der Waals surface area contributed by atoms with Gasteiger partial charge >= 0.3 is 5.97 Å². The third-order valence-corrected chi connectivity index (χ3v) is 4.16. The van der Waals surface area contributed by atoms with Gasteiger partial charge in [-0.1, -0.05) is 18.2 Å². The van der Waals surface area contributed by atoms with Crippen LogP contribution in [0.1, 0.15) is 35.2 Å². The monoisotopic (exact) mass is 343 g/mol. The summed E-state index contributed by atoms with van der Waals surface area (Å²) in [4.78, 5) is 23.3. The second-order valence-electron chi connectivity index (χ2n) is 6.00. The molecule has 0 spiro atoms. The van der Waals surface area contributed by atoms with Crippen LogP contribution < -0.4 is 10.1 Å². The van der Waals surface area contributed by atoms with Crippen molar-refractivity contribution in [2.75, 3.05) is 5.32 Å². The van der Waals surface area contributed by atoms with Crippen LogP contribution in [-0.2, 0) is 11.2 Å². The highest BCUT2D eigenvalue weighted by atomic mass is 19.1. The van der Waals surface area contributed by atoms with Crippen LogP contribution in [0.2, 0.25) is 0 Å². The van der Waals surface area contributed by atoms with E-state index in [2.05, 4.69) is 5.32 Å². The van der Waals surface area contributed by atoms with Gasteiger partial charge < -0.3 is 15.2 Å². The average molecular weight is 343 g/mol. The van der Waals surface area contributed by atoms with Crippen LogP contribution in [-0.4, -0.2) is 23.1 Å². The minimum absolute atomic E-state index is 0.0717. The molecule has 0 radical (unpaired) electrons. The molecule has 1 fully saturated rings. The molecule has 2 N–H and O–H groups in total. The zero-order valence-corrected chi connectivity index (χ0v) is 13.5. The summed E-state index contributed by atoms with van der Waals surface area (Å²) in [7, 11) is 0. The van der Waals surface area contributed by atoms with E-state index in [1.54, 1.807) is 24.3 Å². The third kappa shape index (κ3) is 4.15. The van der Waals surface area contributed by atoms with Crippen LogP contribution in [0.5, 0.6) is 5.75 Å². The summed E-state index contributed by atoms with van der Waals surface area (Å²) < 4.78 is 19.6. The number of carbonyl (C=O) groups is 2. The van der Waals surface area contributed by atoms with Gasteiger partial charge in [0.25, 0.3) is 0 Å². The molecular weight excluding hydrogens is 325 g/mol. The molecule has 5 nitrogen and oxygen atoms in total. The number of carboxylic acid groups (broad SMARTS) is 1. The Balaban J connectivity index is 1.65. The first kappa shape index (κ1) is 17.0. The molecule has 0 heterocycles. The quantitative estimate of drug-likeness (QED) is 0.840. The molecule has 1 amide bonds. The molecule has 0 bridgehead atoms. The van der Waals surface area contributed by atoms with Gasteiger partial charge in [0.1, 0.15) is 0 Å². The number of hydrogen-bond donors (Lipinski definition) is 2. The lowest BCUT2D eigenvalue weighted by Gasteiger charge is -2.26. The van der Waals surface area contributed by atoms with E-state index in [-0.39, 0.29) is 23.8 Å². The number of aromatic carboxylic acids is 1. The number of anilines is 1. The molecule has 0 atom stereocenters. The normalized spacial score (nSPS) is 13.8. The summed E-state index contributed by atoms with van der Waals surface area (Å²) in [6.45, 7) is 0. The summed E-state index contributed by atoms with van der Waals surface area (Å²) in [5, 5.41) is 11.7. The Kier molecular flexibility index (Phi) is 4.97. The average Bonchev–Trinajstić information content (AvgIpc) is 2.52. The summed E-state index contributed by atoms with van der Waals surface area (Å²) in [6, 6.07) is 10.6. The predicted molar refractivity (Wildman–Crippen MR) is 90.4 cm³/mol. The van der Waals surface area contributed by atoms with Crippen molar-refractivity contribution in [3.63, 3.8) is 0 Å². The van der Waals surface area contributed by atoms with Crippen molar-refractivity contribution >= 4 is 17.6 Å². The van der Waals surface area contributed by atoms with Gasteiger partial charge in [0.15, 0.2) is 11.6 Å². The van der Waals surface area contributed by atoms with Gasteiger partial charge in [-0.2, -0.15) is 0 Å². The molecular formula is C19H18FNO4. The molecule has 0 aromatic heterocycles. The van der Waals surface area contributed by atoms with Crippen LogP contribution in [0.3, 0.4) is 0 Å². The van der Waals surface area contributed by atoms with Crippen LogP contribution >= 0.6 is 0 Å². The van der Waals surface area contributed by atoms with Gasteiger partial charge in [-0.05, 0) is 43.0 Å². The van der Waals surface area contributed by atoms with Gasteiger partial charge in [0, 0.05) is 11.8 Å². The van der Waals surface area contributed by atoms with Gasteiger partial charge in [-0.3, -0.25) is 4.79 Å². The minimum atomic E-state index is -1.09. The highest BCUT2D eigenvalue weighted by Crippen LogP contribution is 2.28. The van der Waals surface area contributed by atoms with Gasteiger partial charge in [0.05, 0.1) is 18.1 Å². The lowest BCUT2D eigenvalue weighted by molar-refractivity contribution is -0.115. The molecule has 6 heteroatoms. The Bertz CT molecular complexity index is 802. The van der Waals surface area contributed by atoms with E-state index in [1.807, 2.05) is 0 Å². The van der Waals surface area contributed by atoms with Crippen LogP contribution in [0, 0.1) is 5.82 Å². The molecule has 130 valence electrons. The maximum absolute atomic E-state index is 14.1. The second kappa shape index (κ2) is 7.34. The number of nitrogens with one attached hydrogen (secondary N) is 1. The van der Waals surface area contributed by atoms with Crippen molar-refractivity contribution in [3.05, 3.63) is 59.4 Å². The largest absolute Gasteiger partial charge is 0.487 e. The van der Waals surface area contributed by atoms with Crippen molar-refractivity contribution in [1.29, 1.82) is 0 Å². The number of ether oxygens (including phenoxy) is 1. The predicted octanol–water partition coefficient (Wildman–Crippen LogP) is 3.64. The van der Waals surface area contributed by atoms with Crippen LogP contribution in [0.15, 0.2) is 42.5 Å². The van der Waals surface area contributed by atoms with E-state index in [4.69, 9.17) is 9.84 Å². The number of rotatable bonds is 6. The standard InChI is InChI=1S/C19H18FNO4/c20-16-11-13(8-9-17(16)25-14-5-3-6-14)21-18(22)10-12-4-1-2-7-15(12)19(23)24/h1-2,4,7-9,11,14H,3,5-6,10H2,(H,21,22)(H,23,24). The number of carbonyl (C=O) groups excluding carboxylic acids is 1. The number of halogens is 1. The minimum Gasteiger partial charge on any atom is -0.487 e. The zero-order chi connectivity index (χ0) is 17.8. The Morgan fingerprint density at radius 2 is 1.96 bits per heavy atom. The van der Waals surface area contributed by atoms with E-state index >= 15 is 0 Å². The molecule has 0 saturated heterocycles. The van der Waals surface area contributed by atoms with Crippen molar-refractivity contribution in [2.24, 2.45) is 0 Å². The maximum Gasteiger partial charge on any atom is 0.335 e. The van der Waals surface area contributed by atoms with Crippen LogP contribution in [0.4, 0.5) is 10.1 Å². The zero-order valence-electron chi connectivity index (χ0n) is 13.5. The lowest BCUT2D eigenvalue weighted by atomic mass is 9.96. The topological polar surface area (TPSA) is 75.6 Å². The Morgan fingerprint density at radius 1 is 1.20 bits per heavy atom. The number of carboxylic acids is 1. The van der Waals surface area contributed by atoms with Crippen LogP contribution in [0.25, 0.3) is 0 Å². The molecule has 2 aromatic rings. The first-order valence-electron chi connectivity index (χ1n) is 8.10. The molecule has 1 aliphatic rings. The molecule has 2 aromatic carbocycles. The molecule has 25 heavy (non-hydrogen) atoms. The van der Waals surface area contributed by atoms with Crippen molar-refractivity contribution < 1.29 is 23.8 Å². The van der Waals surface area contributed by atoms with E-state index in [0.29, 0.717) is 11.3 Å². The Morgan fingerprint density at radius 3 is 2.60 bits per heavy atom. The van der Waals surface area contributed by atoms with Gasteiger partial charge in [0.2, 0.25) is 5.91 Å².